The van der Waals surface area contributed by atoms with Crippen molar-refractivity contribution >= 4 is 5.78 Å². The molecule has 27 heavy (non-hydrogen) atoms. The van der Waals surface area contributed by atoms with Crippen molar-refractivity contribution < 1.29 is 19.3 Å². The number of hydrogen-bond donors (Lipinski definition) is 1. The number of hydroxylamine groups is 3. The molecule has 6 rings (SSSR count). The van der Waals surface area contributed by atoms with Gasteiger partial charge in [0, 0.05) is 30.7 Å². The molecule has 1 saturated heterocycles. The summed E-state index contributed by atoms with van der Waals surface area (Å²) in [5.74, 6) is 0.929. The van der Waals surface area contributed by atoms with Crippen LogP contribution in [0.1, 0.15) is 48.8 Å². The molecule has 1 aromatic carbocycles. The Bertz CT molecular complexity index is 935. The van der Waals surface area contributed by atoms with Crippen molar-refractivity contribution in [2.24, 2.45) is 5.92 Å². The zero-order valence-electron chi connectivity index (χ0n) is 15.1. The first-order chi connectivity index (χ1) is 12.9. The Balaban J connectivity index is 1.61. The summed E-state index contributed by atoms with van der Waals surface area (Å²) in [6, 6.07) is 5.34. The number of carbonyl (C=O) groups is 1. The van der Waals surface area contributed by atoms with Crippen LogP contribution in [-0.2, 0) is 16.6 Å². The predicted octanol–water partition coefficient (Wildman–Crippen LogP) is 1.70. The van der Waals surface area contributed by atoms with Crippen molar-refractivity contribution in [3.8, 4) is 11.8 Å². The van der Waals surface area contributed by atoms with Crippen molar-refractivity contribution in [1.29, 1.82) is 5.26 Å². The molecular formula is C21H22N2O4. The first kappa shape index (κ1) is 16.1. The van der Waals surface area contributed by atoms with Crippen molar-refractivity contribution in [1.82, 2.24) is 0 Å². The van der Waals surface area contributed by atoms with Gasteiger partial charge in [0.25, 0.3) is 0 Å². The number of nitriles is 1. The summed E-state index contributed by atoms with van der Waals surface area (Å²) in [7, 11) is 0. The maximum Gasteiger partial charge on any atom is 0.174 e. The number of ketones is 1. The molecule has 3 fully saturated rings. The number of nitrogens with zero attached hydrogens (tertiary/aromatic N) is 2. The van der Waals surface area contributed by atoms with E-state index in [9.17, 15) is 20.4 Å². The summed E-state index contributed by atoms with van der Waals surface area (Å²) < 4.78 is 5.75. The summed E-state index contributed by atoms with van der Waals surface area (Å²) in [6.07, 6.45) is 2.93. The number of quaternary nitrogens is 1. The summed E-state index contributed by atoms with van der Waals surface area (Å²) in [6.45, 7) is 0.979. The molecule has 5 aliphatic rings. The lowest BCUT2D eigenvalue weighted by Gasteiger charge is -2.67. The molecule has 3 aliphatic carbocycles. The first-order valence-electron chi connectivity index (χ1n) is 9.99. The van der Waals surface area contributed by atoms with Crippen LogP contribution in [0.2, 0.25) is 0 Å². The zero-order valence-corrected chi connectivity index (χ0v) is 15.1. The summed E-state index contributed by atoms with van der Waals surface area (Å²) in [5.41, 5.74) is 0.129. The zero-order chi connectivity index (χ0) is 18.6. The van der Waals surface area contributed by atoms with E-state index in [0.29, 0.717) is 49.6 Å². The van der Waals surface area contributed by atoms with Gasteiger partial charge in [0.15, 0.2) is 11.9 Å². The van der Waals surface area contributed by atoms with Crippen LogP contribution in [-0.4, -0.2) is 46.4 Å². The largest absolute Gasteiger partial charge is 0.632 e. The highest BCUT2D eigenvalue weighted by atomic mass is 16.6. The Labute approximate surface area is 157 Å². The highest BCUT2D eigenvalue weighted by Crippen LogP contribution is 2.65. The van der Waals surface area contributed by atoms with Gasteiger partial charge in [-0.1, -0.05) is 6.07 Å². The van der Waals surface area contributed by atoms with E-state index in [0.717, 1.165) is 24.0 Å². The second-order valence-electron chi connectivity index (χ2n) is 9.22. The van der Waals surface area contributed by atoms with E-state index in [1.54, 1.807) is 6.07 Å². The summed E-state index contributed by atoms with van der Waals surface area (Å²) in [5, 5.41) is 35.5. The van der Waals surface area contributed by atoms with E-state index in [4.69, 9.17) is 4.74 Å². The normalized spacial score (nSPS) is 43.7. The average molecular weight is 366 g/mol. The highest BCUT2D eigenvalue weighted by Gasteiger charge is 2.76. The van der Waals surface area contributed by atoms with Crippen molar-refractivity contribution in [3.63, 3.8) is 0 Å². The number of rotatable bonds is 2. The standard InChI is InChI=1S/C21H22N2O4/c22-10-14-4-3-13-9-16-21(25)6-5-15(24)19-20(21,17(13)18(14)27-19)7-8-23(16,26)11-12-1-2-12/h3-4,12,16,19,25H,1-2,5-9,11H2/t16-,19+,20+,21-,23?/m1/s1. The molecule has 1 unspecified atom stereocenters. The first-order valence-corrected chi connectivity index (χ1v) is 9.99. The quantitative estimate of drug-likeness (QED) is 0.635. The number of likely N-dealkylation sites (tertiary alicyclic amines) is 1. The van der Waals surface area contributed by atoms with Crippen molar-refractivity contribution in [2.75, 3.05) is 13.1 Å². The molecule has 1 aromatic rings. The fourth-order valence-corrected chi connectivity index (χ4v) is 6.64. The SMILES string of the molecule is N#Cc1ccc2c3c1O[C@H]1C(=O)CC[C@@]4(O)[C@@H](C2)[N+]([O-])(CC2CC2)CC[C@]314. The third-order valence-electron chi connectivity index (χ3n) is 7.99. The van der Waals surface area contributed by atoms with Gasteiger partial charge in [-0.2, -0.15) is 5.26 Å². The van der Waals surface area contributed by atoms with Gasteiger partial charge in [0.2, 0.25) is 0 Å². The highest BCUT2D eigenvalue weighted by molar-refractivity contribution is 5.90. The van der Waals surface area contributed by atoms with E-state index >= 15 is 0 Å². The van der Waals surface area contributed by atoms with Gasteiger partial charge in [-0.3, -0.25) is 4.79 Å². The van der Waals surface area contributed by atoms with Gasteiger partial charge >= 0.3 is 0 Å². The van der Waals surface area contributed by atoms with Crippen LogP contribution in [0, 0.1) is 22.5 Å². The molecule has 2 aliphatic heterocycles. The van der Waals surface area contributed by atoms with Crippen LogP contribution in [0.3, 0.4) is 0 Å². The van der Waals surface area contributed by atoms with Crippen LogP contribution in [0.4, 0.5) is 0 Å². The number of hydrogen-bond acceptors (Lipinski definition) is 5. The molecular weight excluding hydrogens is 344 g/mol. The third kappa shape index (κ3) is 1.70. The van der Waals surface area contributed by atoms with Gasteiger partial charge in [-0.05, 0) is 30.9 Å². The second kappa shape index (κ2) is 4.72. The van der Waals surface area contributed by atoms with E-state index in [1.807, 2.05) is 6.07 Å². The Morgan fingerprint density at radius 1 is 1.37 bits per heavy atom. The Morgan fingerprint density at radius 3 is 2.93 bits per heavy atom. The minimum absolute atomic E-state index is 0.0144. The molecule has 5 atom stereocenters. The molecule has 1 N–H and O–H groups in total. The lowest BCUT2D eigenvalue weighted by atomic mass is 9.48. The molecule has 2 saturated carbocycles. The Morgan fingerprint density at radius 2 is 2.19 bits per heavy atom. The Hall–Kier alpha value is -1.94. The number of ether oxygens (including phenoxy) is 1. The van der Waals surface area contributed by atoms with Crippen molar-refractivity contribution in [2.45, 2.75) is 61.7 Å². The molecule has 140 valence electrons. The second-order valence-corrected chi connectivity index (χ2v) is 9.22. The lowest BCUT2D eigenvalue weighted by Crippen LogP contribution is -2.80. The maximum atomic E-state index is 13.9. The topological polar surface area (TPSA) is 93.4 Å². The van der Waals surface area contributed by atoms with E-state index < -0.39 is 23.2 Å². The monoisotopic (exact) mass is 366 g/mol. The fraction of sp³-hybridized carbons (Fsp3) is 0.619. The smallest absolute Gasteiger partial charge is 0.174 e. The van der Waals surface area contributed by atoms with E-state index in [1.165, 1.54) is 0 Å². The third-order valence-corrected chi connectivity index (χ3v) is 7.99. The van der Waals surface area contributed by atoms with Crippen LogP contribution >= 0.6 is 0 Å². The van der Waals surface area contributed by atoms with Gasteiger partial charge < -0.3 is 19.7 Å². The molecule has 6 nitrogen and oxygen atoms in total. The molecule has 2 heterocycles. The van der Waals surface area contributed by atoms with Crippen molar-refractivity contribution in [3.05, 3.63) is 34.0 Å². The van der Waals surface area contributed by atoms with Gasteiger partial charge in [-0.25, -0.2) is 0 Å². The van der Waals surface area contributed by atoms with Crippen LogP contribution in [0.5, 0.6) is 5.75 Å². The van der Waals surface area contributed by atoms with Crippen LogP contribution in [0.15, 0.2) is 12.1 Å². The number of carbonyl (C=O) groups excluding carboxylic acids is 1. The average Bonchev–Trinajstić information content (AvgIpc) is 3.37. The van der Waals surface area contributed by atoms with Crippen LogP contribution in [0.25, 0.3) is 0 Å². The molecule has 0 radical (unpaired) electrons. The van der Waals surface area contributed by atoms with Gasteiger partial charge in [-0.15, -0.1) is 0 Å². The molecule has 2 bridgehead atoms. The van der Waals surface area contributed by atoms with Gasteiger partial charge in [0.1, 0.15) is 23.5 Å². The van der Waals surface area contributed by atoms with E-state index in [-0.39, 0.29) is 16.9 Å². The number of Topliss-reactive ketones (excluding diaryl/α,β-unsaturated/α-hetero) is 1. The predicted molar refractivity (Wildman–Crippen MR) is 94.6 cm³/mol. The summed E-state index contributed by atoms with van der Waals surface area (Å²) >= 11 is 0. The number of benzene rings is 1. The number of aliphatic hydroxyl groups is 1. The fourth-order valence-electron chi connectivity index (χ4n) is 6.64. The molecule has 1 spiro atoms. The minimum Gasteiger partial charge on any atom is -0.632 e. The molecule has 6 heteroatoms. The van der Waals surface area contributed by atoms with Gasteiger partial charge in [0.05, 0.1) is 24.1 Å². The molecule has 0 aromatic heterocycles. The minimum atomic E-state index is -1.24. The Kier molecular flexibility index (Phi) is 2.81. The van der Waals surface area contributed by atoms with E-state index in [2.05, 4.69) is 6.07 Å². The lowest BCUT2D eigenvalue weighted by molar-refractivity contribution is -0.923. The van der Waals surface area contributed by atoms with Crippen LogP contribution < -0.4 is 4.74 Å². The summed E-state index contributed by atoms with van der Waals surface area (Å²) in [4.78, 5) is 12.8. The number of piperidine rings is 1. The molecule has 0 amide bonds. The maximum absolute atomic E-state index is 13.9.